The zero-order valence-electron chi connectivity index (χ0n) is 14.1. The Labute approximate surface area is 158 Å². The average Bonchev–Trinajstić information content (AvgIpc) is 3.24. The number of rotatable bonds is 7. The zero-order valence-corrected chi connectivity index (χ0v) is 15.7. The quantitative estimate of drug-likeness (QED) is 0.453. The van der Waals surface area contributed by atoms with Crippen LogP contribution >= 0.6 is 23.5 Å². The van der Waals surface area contributed by atoms with Crippen LogP contribution in [0.3, 0.4) is 0 Å². The number of aromatic nitrogens is 3. The highest BCUT2D eigenvalue weighted by molar-refractivity contribution is 7.99. The summed E-state index contributed by atoms with van der Waals surface area (Å²) in [7, 11) is 0. The van der Waals surface area contributed by atoms with Gasteiger partial charge in [-0.05, 0) is 36.9 Å². The second-order valence-corrected chi connectivity index (χ2v) is 7.01. The molecule has 0 spiro atoms. The highest BCUT2D eigenvalue weighted by atomic mass is 32.2. The standard InChI is InChI=1S/C17H16N4O3S2/c1-11-14(7-8-24-11)16-19-20-17(26-10-15(22)23)21(16)18-9-12-3-5-13(25-2)6-4-12/h3-9H,10H2,1-2H3,(H,22,23)/p-1/b18-9-. The van der Waals surface area contributed by atoms with Crippen LogP contribution < -0.4 is 5.11 Å². The van der Waals surface area contributed by atoms with Crippen molar-refractivity contribution in [2.45, 2.75) is 17.0 Å². The van der Waals surface area contributed by atoms with Crippen molar-refractivity contribution in [1.29, 1.82) is 0 Å². The summed E-state index contributed by atoms with van der Waals surface area (Å²) in [4.78, 5) is 11.9. The van der Waals surface area contributed by atoms with Crippen LogP contribution in [0.1, 0.15) is 11.3 Å². The summed E-state index contributed by atoms with van der Waals surface area (Å²) >= 11 is 2.66. The maximum Gasteiger partial charge on any atom is 0.212 e. The molecule has 0 N–H and O–H groups in total. The summed E-state index contributed by atoms with van der Waals surface area (Å²) in [5, 5.41) is 23.8. The summed E-state index contributed by atoms with van der Waals surface area (Å²) in [5.74, 6) is -0.258. The first-order valence-electron chi connectivity index (χ1n) is 7.59. The van der Waals surface area contributed by atoms with Gasteiger partial charge in [0.2, 0.25) is 5.16 Å². The summed E-state index contributed by atoms with van der Waals surface area (Å²) < 4.78 is 6.83. The average molecular weight is 387 g/mol. The molecule has 0 aliphatic heterocycles. The number of carboxylic acids is 1. The molecule has 0 amide bonds. The second kappa shape index (κ2) is 8.24. The third-order valence-electron chi connectivity index (χ3n) is 3.47. The first kappa shape index (κ1) is 18.3. The monoisotopic (exact) mass is 387 g/mol. The SMILES string of the molecule is CSc1ccc(/C=N\n2c(SCC(=O)[O-])nnc2-c2ccoc2C)cc1. The van der Waals surface area contributed by atoms with Crippen molar-refractivity contribution in [3.05, 3.63) is 47.9 Å². The van der Waals surface area contributed by atoms with Crippen LogP contribution in [0.4, 0.5) is 0 Å². The van der Waals surface area contributed by atoms with Gasteiger partial charge in [0.1, 0.15) is 5.76 Å². The van der Waals surface area contributed by atoms with Gasteiger partial charge in [-0.3, -0.25) is 0 Å². The molecule has 2 heterocycles. The van der Waals surface area contributed by atoms with Crippen LogP contribution in [-0.4, -0.2) is 39.1 Å². The molecule has 0 bridgehead atoms. The lowest BCUT2D eigenvalue weighted by atomic mass is 10.2. The van der Waals surface area contributed by atoms with E-state index < -0.39 is 5.97 Å². The van der Waals surface area contributed by atoms with Crippen LogP contribution in [0, 0.1) is 6.92 Å². The van der Waals surface area contributed by atoms with Gasteiger partial charge in [0, 0.05) is 10.6 Å². The number of nitrogens with zero attached hydrogens (tertiary/aromatic N) is 4. The molecule has 0 radical (unpaired) electrons. The Morgan fingerprint density at radius 2 is 2.08 bits per heavy atom. The number of carbonyl (C=O) groups is 1. The minimum Gasteiger partial charge on any atom is -0.549 e. The van der Waals surface area contributed by atoms with Gasteiger partial charge in [-0.15, -0.1) is 22.0 Å². The van der Waals surface area contributed by atoms with E-state index in [1.165, 1.54) is 4.68 Å². The molecule has 1 aromatic carbocycles. The van der Waals surface area contributed by atoms with Crippen LogP contribution in [-0.2, 0) is 4.79 Å². The maximum absolute atomic E-state index is 10.8. The number of furan rings is 1. The van der Waals surface area contributed by atoms with Crippen LogP contribution in [0.2, 0.25) is 0 Å². The molecule has 0 saturated heterocycles. The molecule has 7 nitrogen and oxygen atoms in total. The van der Waals surface area contributed by atoms with Gasteiger partial charge in [-0.2, -0.15) is 9.78 Å². The van der Waals surface area contributed by atoms with Crippen molar-refractivity contribution in [3.63, 3.8) is 0 Å². The minimum absolute atomic E-state index is 0.236. The fourth-order valence-corrected chi connectivity index (χ4v) is 3.19. The van der Waals surface area contributed by atoms with Gasteiger partial charge in [-0.25, -0.2) is 0 Å². The molecule has 0 aliphatic carbocycles. The van der Waals surface area contributed by atoms with E-state index in [-0.39, 0.29) is 5.75 Å². The smallest absolute Gasteiger partial charge is 0.212 e. The number of aliphatic carboxylic acids is 1. The molecule has 0 aliphatic rings. The third kappa shape index (κ3) is 4.17. The lowest BCUT2D eigenvalue weighted by molar-refractivity contribution is -0.301. The van der Waals surface area contributed by atoms with Gasteiger partial charge in [0.15, 0.2) is 5.82 Å². The van der Waals surface area contributed by atoms with E-state index in [1.54, 1.807) is 30.3 Å². The van der Waals surface area contributed by atoms with Crippen molar-refractivity contribution < 1.29 is 14.3 Å². The Morgan fingerprint density at radius 1 is 1.31 bits per heavy atom. The van der Waals surface area contributed by atoms with Crippen LogP contribution in [0.25, 0.3) is 11.4 Å². The molecular weight excluding hydrogens is 372 g/mol. The molecule has 26 heavy (non-hydrogen) atoms. The van der Waals surface area contributed by atoms with Gasteiger partial charge in [-0.1, -0.05) is 23.9 Å². The van der Waals surface area contributed by atoms with Crippen LogP contribution in [0.5, 0.6) is 0 Å². The maximum atomic E-state index is 10.8. The molecular formula is C17H15N4O3S2-. The van der Waals surface area contributed by atoms with Crippen molar-refractivity contribution in [1.82, 2.24) is 14.9 Å². The minimum atomic E-state index is -1.18. The topological polar surface area (TPSA) is 96.3 Å². The van der Waals surface area contributed by atoms with Crippen molar-refractivity contribution >= 4 is 35.7 Å². The Morgan fingerprint density at radius 3 is 2.69 bits per heavy atom. The summed E-state index contributed by atoms with van der Waals surface area (Å²) in [5.41, 5.74) is 1.65. The third-order valence-corrected chi connectivity index (χ3v) is 5.11. The lowest BCUT2D eigenvalue weighted by Crippen LogP contribution is -2.24. The summed E-state index contributed by atoms with van der Waals surface area (Å²) in [6.07, 6.45) is 5.25. The van der Waals surface area contributed by atoms with E-state index in [9.17, 15) is 9.90 Å². The Hall–Kier alpha value is -2.52. The molecule has 0 unspecified atom stereocenters. The fraction of sp³-hybridized carbons (Fsp3) is 0.176. The van der Waals surface area contributed by atoms with Crippen molar-refractivity contribution in [2.24, 2.45) is 5.10 Å². The van der Waals surface area contributed by atoms with E-state index in [4.69, 9.17) is 4.42 Å². The van der Waals surface area contributed by atoms with E-state index >= 15 is 0 Å². The van der Waals surface area contributed by atoms with E-state index in [2.05, 4.69) is 15.3 Å². The predicted molar refractivity (Wildman–Crippen MR) is 99.4 cm³/mol. The number of thioether (sulfide) groups is 2. The van der Waals surface area contributed by atoms with Crippen molar-refractivity contribution in [2.75, 3.05) is 12.0 Å². The summed E-state index contributed by atoms with van der Waals surface area (Å²) in [6.45, 7) is 1.81. The summed E-state index contributed by atoms with van der Waals surface area (Å²) in [6, 6.07) is 9.69. The largest absolute Gasteiger partial charge is 0.549 e. The molecule has 0 fully saturated rings. The van der Waals surface area contributed by atoms with Crippen LogP contribution in [0.15, 0.2) is 56.2 Å². The Bertz CT molecular complexity index is 932. The molecule has 9 heteroatoms. The lowest BCUT2D eigenvalue weighted by Gasteiger charge is -2.04. The van der Waals surface area contributed by atoms with Crippen molar-refractivity contribution in [3.8, 4) is 11.4 Å². The Kier molecular flexibility index (Phi) is 5.79. The number of hydrogen-bond acceptors (Lipinski definition) is 8. The molecule has 134 valence electrons. The first-order chi connectivity index (χ1) is 12.6. The number of aryl methyl sites for hydroxylation is 1. The number of carboxylic acid groups (broad SMARTS) is 1. The molecule has 3 aromatic rings. The number of hydrogen-bond donors (Lipinski definition) is 0. The van der Waals surface area contributed by atoms with Gasteiger partial charge in [0.05, 0.1) is 24.0 Å². The highest BCUT2D eigenvalue weighted by Gasteiger charge is 2.17. The number of carbonyl (C=O) groups excluding carboxylic acids is 1. The number of benzene rings is 1. The highest BCUT2D eigenvalue weighted by Crippen LogP contribution is 2.27. The van der Waals surface area contributed by atoms with E-state index in [0.29, 0.717) is 16.7 Å². The van der Waals surface area contributed by atoms with Gasteiger partial charge >= 0.3 is 0 Å². The van der Waals surface area contributed by atoms with E-state index in [1.807, 2.05) is 37.4 Å². The Balaban J connectivity index is 1.95. The molecule has 2 aromatic heterocycles. The predicted octanol–water partition coefficient (Wildman–Crippen LogP) is 2.29. The fourth-order valence-electron chi connectivity index (χ4n) is 2.18. The van der Waals surface area contributed by atoms with E-state index in [0.717, 1.165) is 27.8 Å². The normalized spacial score (nSPS) is 11.3. The second-order valence-electron chi connectivity index (χ2n) is 5.19. The molecule has 0 saturated carbocycles. The van der Waals surface area contributed by atoms with Gasteiger partial charge in [0.25, 0.3) is 0 Å². The zero-order chi connectivity index (χ0) is 18.5. The first-order valence-corrected chi connectivity index (χ1v) is 9.80. The molecule has 0 atom stereocenters. The molecule has 3 rings (SSSR count). The van der Waals surface area contributed by atoms with Gasteiger partial charge < -0.3 is 14.3 Å².